The van der Waals surface area contributed by atoms with Gasteiger partial charge in [-0.05, 0) is 55.3 Å². The smallest absolute Gasteiger partial charge is 0.226 e. The molecule has 0 fully saturated rings. The predicted molar refractivity (Wildman–Crippen MR) is 114 cm³/mol. The highest BCUT2D eigenvalue weighted by atomic mass is 35.5. The van der Waals surface area contributed by atoms with Gasteiger partial charge in [-0.2, -0.15) is 0 Å². The number of fused-ring (bicyclic) bond motifs is 1. The van der Waals surface area contributed by atoms with Gasteiger partial charge in [-0.15, -0.1) is 0 Å². The lowest BCUT2D eigenvalue weighted by Crippen LogP contribution is -2.35. The predicted octanol–water partition coefficient (Wildman–Crippen LogP) is 3.97. The number of carbonyl (C=O) groups is 2. The van der Waals surface area contributed by atoms with Crippen molar-refractivity contribution < 1.29 is 22.4 Å². The van der Waals surface area contributed by atoms with E-state index in [9.17, 15) is 22.4 Å². The van der Waals surface area contributed by atoms with E-state index < -0.39 is 21.6 Å². The molecule has 0 bridgehead atoms. The van der Waals surface area contributed by atoms with Crippen molar-refractivity contribution in [3.8, 4) is 0 Å². The molecule has 2 aromatic rings. The van der Waals surface area contributed by atoms with E-state index in [1.807, 2.05) is 6.92 Å². The molecular formula is C21H22ClFN2O4S. The van der Waals surface area contributed by atoms with Crippen LogP contribution in [0.4, 0.5) is 15.8 Å². The summed E-state index contributed by atoms with van der Waals surface area (Å²) >= 11 is 5.68. The lowest BCUT2D eigenvalue weighted by molar-refractivity contribution is -0.118. The Morgan fingerprint density at radius 1 is 1.23 bits per heavy atom. The Labute approximate surface area is 179 Å². The Balaban J connectivity index is 1.69. The van der Waals surface area contributed by atoms with E-state index >= 15 is 0 Å². The molecular weight excluding hydrogens is 431 g/mol. The van der Waals surface area contributed by atoms with E-state index in [4.69, 9.17) is 11.6 Å². The number of halogens is 2. The second-order valence-electron chi connectivity index (χ2n) is 7.21. The SMILES string of the molecule is CCC(=O)N1c2ccc(S(=O)(=O)CCC(=O)Nc3ccc(F)c(Cl)c3)cc2CC1C. The first-order valence-corrected chi connectivity index (χ1v) is 11.6. The van der Waals surface area contributed by atoms with E-state index in [1.165, 1.54) is 18.2 Å². The summed E-state index contributed by atoms with van der Waals surface area (Å²) in [7, 11) is -3.70. The van der Waals surface area contributed by atoms with E-state index in [1.54, 1.807) is 24.0 Å². The van der Waals surface area contributed by atoms with Crippen LogP contribution < -0.4 is 10.2 Å². The molecule has 1 unspecified atom stereocenters. The number of hydrogen-bond acceptors (Lipinski definition) is 4. The molecule has 0 saturated heterocycles. The third kappa shape index (κ3) is 4.65. The van der Waals surface area contributed by atoms with Crippen molar-refractivity contribution in [1.82, 2.24) is 0 Å². The second kappa shape index (κ2) is 8.73. The Morgan fingerprint density at radius 2 is 1.97 bits per heavy atom. The fourth-order valence-electron chi connectivity index (χ4n) is 3.49. The molecule has 1 heterocycles. The highest BCUT2D eigenvalue weighted by molar-refractivity contribution is 7.91. The number of carbonyl (C=O) groups excluding carboxylic acids is 2. The molecule has 1 N–H and O–H groups in total. The molecule has 0 aliphatic carbocycles. The van der Waals surface area contributed by atoms with Crippen LogP contribution in [0.2, 0.25) is 5.02 Å². The minimum atomic E-state index is -3.70. The van der Waals surface area contributed by atoms with Crippen molar-refractivity contribution in [1.29, 1.82) is 0 Å². The normalized spacial score (nSPS) is 15.7. The van der Waals surface area contributed by atoms with Crippen molar-refractivity contribution in [2.75, 3.05) is 16.0 Å². The van der Waals surface area contributed by atoms with Gasteiger partial charge in [0, 0.05) is 30.3 Å². The molecule has 1 aliphatic rings. The number of benzene rings is 2. The standard InChI is InChI=1S/C21H22ClFN2O4S/c1-3-21(27)25-13(2)10-14-11-16(5-7-19(14)25)30(28,29)9-8-20(26)24-15-4-6-18(23)17(22)12-15/h4-7,11-13H,3,8-10H2,1-2H3,(H,24,26). The van der Waals surface area contributed by atoms with Crippen LogP contribution in [0.15, 0.2) is 41.3 Å². The fraction of sp³-hybridized carbons (Fsp3) is 0.333. The Morgan fingerprint density at radius 3 is 2.63 bits per heavy atom. The number of sulfone groups is 1. The molecule has 2 aromatic carbocycles. The molecule has 6 nitrogen and oxygen atoms in total. The summed E-state index contributed by atoms with van der Waals surface area (Å²) < 4.78 is 38.6. The zero-order valence-electron chi connectivity index (χ0n) is 16.6. The van der Waals surface area contributed by atoms with Crippen molar-refractivity contribution in [3.63, 3.8) is 0 Å². The minimum absolute atomic E-state index is 0.00516. The summed E-state index contributed by atoms with van der Waals surface area (Å²) in [5.74, 6) is -1.51. The lowest BCUT2D eigenvalue weighted by atomic mass is 10.1. The van der Waals surface area contributed by atoms with Crippen LogP contribution in [-0.2, 0) is 25.8 Å². The van der Waals surface area contributed by atoms with E-state index in [2.05, 4.69) is 5.32 Å². The van der Waals surface area contributed by atoms with Crippen molar-refractivity contribution in [2.24, 2.45) is 0 Å². The third-order valence-electron chi connectivity index (χ3n) is 5.00. The highest BCUT2D eigenvalue weighted by Crippen LogP contribution is 2.34. The summed E-state index contributed by atoms with van der Waals surface area (Å²) in [5, 5.41) is 2.37. The van der Waals surface area contributed by atoms with Gasteiger partial charge in [0.1, 0.15) is 5.82 Å². The van der Waals surface area contributed by atoms with E-state index in [0.717, 1.165) is 17.3 Å². The zero-order chi connectivity index (χ0) is 22.1. The fourth-order valence-corrected chi connectivity index (χ4v) is 4.96. The van der Waals surface area contributed by atoms with Crippen LogP contribution in [0.25, 0.3) is 0 Å². The van der Waals surface area contributed by atoms with Gasteiger partial charge in [-0.25, -0.2) is 12.8 Å². The Bertz CT molecular complexity index is 1100. The van der Waals surface area contributed by atoms with Gasteiger partial charge in [0.2, 0.25) is 11.8 Å². The summed E-state index contributed by atoms with van der Waals surface area (Å²) in [5.41, 5.74) is 1.83. The third-order valence-corrected chi connectivity index (χ3v) is 7.00. The number of rotatable bonds is 6. The van der Waals surface area contributed by atoms with Gasteiger partial charge in [0.05, 0.1) is 15.7 Å². The second-order valence-corrected chi connectivity index (χ2v) is 9.72. The maximum atomic E-state index is 13.2. The summed E-state index contributed by atoms with van der Waals surface area (Å²) in [6, 6.07) is 8.40. The number of nitrogens with zero attached hydrogens (tertiary/aromatic N) is 1. The van der Waals surface area contributed by atoms with Crippen LogP contribution >= 0.6 is 11.6 Å². The average Bonchev–Trinajstić information content (AvgIpc) is 3.03. The molecule has 160 valence electrons. The van der Waals surface area contributed by atoms with E-state index in [0.29, 0.717) is 12.8 Å². The monoisotopic (exact) mass is 452 g/mol. The molecule has 1 atom stereocenters. The highest BCUT2D eigenvalue weighted by Gasteiger charge is 2.31. The molecule has 9 heteroatoms. The van der Waals surface area contributed by atoms with Crippen LogP contribution in [0.1, 0.15) is 32.3 Å². The largest absolute Gasteiger partial charge is 0.326 e. The molecule has 2 amide bonds. The van der Waals surface area contributed by atoms with Crippen LogP contribution in [0.3, 0.4) is 0 Å². The summed E-state index contributed by atoms with van der Waals surface area (Å²) in [6.45, 7) is 3.71. The zero-order valence-corrected chi connectivity index (χ0v) is 18.2. The van der Waals surface area contributed by atoms with Crippen molar-refractivity contribution in [2.45, 2.75) is 44.0 Å². The molecule has 0 aromatic heterocycles. The van der Waals surface area contributed by atoms with Crippen LogP contribution in [0, 0.1) is 5.82 Å². The van der Waals surface area contributed by atoms with Gasteiger partial charge in [0.15, 0.2) is 9.84 Å². The lowest BCUT2D eigenvalue weighted by Gasteiger charge is -2.22. The van der Waals surface area contributed by atoms with Crippen molar-refractivity contribution in [3.05, 3.63) is 52.8 Å². The van der Waals surface area contributed by atoms with Gasteiger partial charge in [-0.1, -0.05) is 18.5 Å². The molecule has 0 saturated carbocycles. The maximum absolute atomic E-state index is 13.2. The first-order chi connectivity index (χ1) is 14.1. The number of hydrogen-bond donors (Lipinski definition) is 1. The van der Waals surface area contributed by atoms with Gasteiger partial charge in [-0.3, -0.25) is 9.59 Å². The summed E-state index contributed by atoms with van der Waals surface area (Å²) in [6.07, 6.45) is 0.694. The van der Waals surface area contributed by atoms with E-state index in [-0.39, 0.29) is 39.7 Å². The quantitative estimate of drug-likeness (QED) is 0.718. The van der Waals surface area contributed by atoms with Gasteiger partial charge < -0.3 is 10.2 Å². The Hall–Kier alpha value is -2.45. The molecule has 3 rings (SSSR count). The topological polar surface area (TPSA) is 83.6 Å². The van der Waals surface area contributed by atoms with Gasteiger partial charge >= 0.3 is 0 Å². The molecule has 0 spiro atoms. The molecule has 1 aliphatic heterocycles. The molecule has 30 heavy (non-hydrogen) atoms. The van der Waals surface area contributed by atoms with Gasteiger partial charge in [0.25, 0.3) is 0 Å². The number of nitrogens with one attached hydrogen (secondary N) is 1. The van der Waals surface area contributed by atoms with Crippen LogP contribution in [-0.4, -0.2) is 32.0 Å². The first-order valence-electron chi connectivity index (χ1n) is 9.55. The molecule has 0 radical (unpaired) electrons. The van der Waals surface area contributed by atoms with Crippen molar-refractivity contribution >= 4 is 44.6 Å². The first kappa shape index (κ1) is 22.2. The maximum Gasteiger partial charge on any atom is 0.226 e. The average molecular weight is 453 g/mol. The summed E-state index contributed by atoms with van der Waals surface area (Å²) in [4.78, 5) is 26.1. The minimum Gasteiger partial charge on any atom is -0.326 e. The number of amides is 2. The number of anilines is 2. The Kier molecular flexibility index (Phi) is 6.47. The van der Waals surface area contributed by atoms with Crippen LogP contribution in [0.5, 0.6) is 0 Å².